The molecule has 2 rings (SSSR count). The largest absolute Gasteiger partial charge is 0.352 e. The van der Waals surface area contributed by atoms with Gasteiger partial charge in [0.2, 0.25) is 5.91 Å². The fraction of sp³-hybridized carbons (Fsp3) is 0.917. The zero-order chi connectivity index (χ0) is 10.7. The molecule has 0 spiro atoms. The van der Waals surface area contributed by atoms with Crippen LogP contribution in [0.25, 0.3) is 0 Å². The number of hydrogen-bond donors (Lipinski definition) is 1. The van der Waals surface area contributed by atoms with Crippen molar-refractivity contribution in [3.05, 3.63) is 0 Å². The lowest BCUT2D eigenvalue weighted by atomic mass is 9.69. The van der Waals surface area contributed by atoms with E-state index in [0.29, 0.717) is 6.04 Å². The van der Waals surface area contributed by atoms with Gasteiger partial charge in [0.05, 0.1) is 0 Å². The molecule has 2 nitrogen and oxygen atoms in total. The third kappa shape index (κ3) is 2.87. The molecular formula is C12H20ClNO. The fourth-order valence-corrected chi connectivity index (χ4v) is 3.35. The second-order valence-electron chi connectivity index (χ2n) is 5.02. The van der Waals surface area contributed by atoms with Crippen LogP contribution < -0.4 is 5.32 Å². The Bertz CT molecular complexity index is 232. The summed E-state index contributed by atoms with van der Waals surface area (Å²) in [5, 5.41) is 3.03. The maximum Gasteiger partial charge on any atom is 0.235 e. The Morgan fingerprint density at radius 3 is 2.60 bits per heavy atom. The molecule has 3 heteroatoms. The molecule has 0 heterocycles. The van der Waals surface area contributed by atoms with E-state index in [9.17, 15) is 4.79 Å². The highest BCUT2D eigenvalue weighted by Crippen LogP contribution is 2.40. The highest BCUT2D eigenvalue weighted by atomic mass is 35.5. The standard InChI is InChI=1S/C12H20ClNO/c13-8-12(15)14-11-6-5-9-3-1-2-4-10(9)7-11/h9-11H,1-8H2,(H,14,15). The smallest absolute Gasteiger partial charge is 0.235 e. The number of nitrogens with one attached hydrogen (secondary N) is 1. The number of rotatable bonds is 2. The number of carbonyl (C=O) groups excluding carboxylic acids is 1. The first-order valence-corrected chi connectivity index (χ1v) is 6.68. The number of halogens is 1. The van der Waals surface area contributed by atoms with E-state index in [4.69, 9.17) is 11.6 Å². The molecule has 86 valence electrons. The third-order valence-corrected chi connectivity index (χ3v) is 4.27. The first-order valence-electron chi connectivity index (χ1n) is 6.15. The molecule has 2 aliphatic carbocycles. The summed E-state index contributed by atoms with van der Waals surface area (Å²) in [6.07, 6.45) is 9.24. The van der Waals surface area contributed by atoms with Crippen LogP contribution in [0.15, 0.2) is 0 Å². The SMILES string of the molecule is O=C(CCl)NC1CCC2CCCCC2C1. The van der Waals surface area contributed by atoms with Crippen LogP contribution in [0.2, 0.25) is 0 Å². The summed E-state index contributed by atoms with van der Waals surface area (Å²) in [4.78, 5) is 11.2. The summed E-state index contributed by atoms with van der Waals surface area (Å²) < 4.78 is 0. The van der Waals surface area contributed by atoms with Crippen molar-refractivity contribution in [1.82, 2.24) is 5.32 Å². The summed E-state index contributed by atoms with van der Waals surface area (Å²) in [5.74, 6) is 1.91. The second kappa shape index (κ2) is 5.20. The molecule has 0 saturated heterocycles. The van der Waals surface area contributed by atoms with E-state index in [1.165, 1.54) is 38.5 Å². The minimum atomic E-state index is -0.00377. The normalized spacial score (nSPS) is 35.7. The van der Waals surface area contributed by atoms with Crippen molar-refractivity contribution in [2.45, 2.75) is 51.0 Å². The van der Waals surface area contributed by atoms with Gasteiger partial charge in [-0.2, -0.15) is 0 Å². The van der Waals surface area contributed by atoms with Gasteiger partial charge in [0, 0.05) is 6.04 Å². The molecule has 0 aromatic rings. The number of fused-ring (bicyclic) bond motifs is 1. The van der Waals surface area contributed by atoms with Crippen LogP contribution in [0.5, 0.6) is 0 Å². The van der Waals surface area contributed by atoms with Crippen molar-refractivity contribution in [2.75, 3.05) is 5.88 Å². The molecule has 3 unspecified atom stereocenters. The summed E-state index contributed by atoms with van der Waals surface area (Å²) in [6.45, 7) is 0. The molecule has 0 radical (unpaired) electrons. The molecule has 0 aromatic carbocycles. The molecule has 15 heavy (non-hydrogen) atoms. The molecule has 3 atom stereocenters. The topological polar surface area (TPSA) is 29.1 Å². The van der Waals surface area contributed by atoms with Gasteiger partial charge in [0.25, 0.3) is 0 Å². The summed E-state index contributed by atoms with van der Waals surface area (Å²) in [5.41, 5.74) is 0. The number of alkyl halides is 1. The van der Waals surface area contributed by atoms with E-state index >= 15 is 0 Å². The fourth-order valence-electron chi connectivity index (χ4n) is 3.27. The van der Waals surface area contributed by atoms with Crippen molar-refractivity contribution in [3.63, 3.8) is 0 Å². The maximum absolute atomic E-state index is 11.2. The first kappa shape index (κ1) is 11.3. The first-order chi connectivity index (χ1) is 7.29. The summed E-state index contributed by atoms with van der Waals surface area (Å²) in [6, 6.07) is 0.399. The molecule has 1 amide bonds. The molecule has 0 aromatic heterocycles. The molecule has 2 fully saturated rings. The van der Waals surface area contributed by atoms with Gasteiger partial charge in [-0.25, -0.2) is 0 Å². The third-order valence-electron chi connectivity index (χ3n) is 4.03. The van der Waals surface area contributed by atoms with Crippen molar-refractivity contribution >= 4 is 17.5 Å². The van der Waals surface area contributed by atoms with Crippen LogP contribution in [0.4, 0.5) is 0 Å². The molecule has 2 aliphatic rings. The van der Waals surface area contributed by atoms with Crippen molar-refractivity contribution in [3.8, 4) is 0 Å². The van der Waals surface area contributed by atoms with Crippen LogP contribution in [-0.2, 0) is 4.79 Å². The lowest BCUT2D eigenvalue weighted by molar-refractivity contribution is -0.119. The molecule has 2 saturated carbocycles. The van der Waals surface area contributed by atoms with Crippen LogP contribution in [-0.4, -0.2) is 17.8 Å². The van der Waals surface area contributed by atoms with E-state index in [0.717, 1.165) is 18.3 Å². The van der Waals surface area contributed by atoms with Gasteiger partial charge in [-0.15, -0.1) is 11.6 Å². The van der Waals surface area contributed by atoms with Gasteiger partial charge in [-0.05, 0) is 31.1 Å². The highest BCUT2D eigenvalue weighted by Gasteiger charge is 2.32. The lowest BCUT2D eigenvalue weighted by Gasteiger charge is -2.39. The molecule has 0 bridgehead atoms. The zero-order valence-corrected chi connectivity index (χ0v) is 9.93. The quantitative estimate of drug-likeness (QED) is 0.725. The van der Waals surface area contributed by atoms with Crippen LogP contribution in [0, 0.1) is 11.8 Å². The Kier molecular flexibility index (Phi) is 3.90. The van der Waals surface area contributed by atoms with Crippen LogP contribution >= 0.6 is 11.6 Å². The monoisotopic (exact) mass is 229 g/mol. The average Bonchev–Trinajstić information content (AvgIpc) is 2.29. The average molecular weight is 230 g/mol. The number of hydrogen-bond acceptors (Lipinski definition) is 1. The van der Waals surface area contributed by atoms with E-state index < -0.39 is 0 Å². The Labute approximate surface area is 96.8 Å². The van der Waals surface area contributed by atoms with Crippen LogP contribution in [0.3, 0.4) is 0 Å². The molecule has 0 aliphatic heterocycles. The highest BCUT2D eigenvalue weighted by molar-refractivity contribution is 6.27. The Balaban J connectivity index is 1.83. The van der Waals surface area contributed by atoms with E-state index in [2.05, 4.69) is 5.32 Å². The minimum absolute atomic E-state index is 0.00377. The van der Waals surface area contributed by atoms with Crippen LogP contribution in [0.1, 0.15) is 44.9 Å². The Morgan fingerprint density at radius 2 is 1.87 bits per heavy atom. The predicted molar refractivity (Wildman–Crippen MR) is 61.9 cm³/mol. The van der Waals surface area contributed by atoms with E-state index in [1.807, 2.05) is 0 Å². The number of carbonyl (C=O) groups is 1. The summed E-state index contributed by atoms with van der Waals surface area (Å²) in [7, 11) is 0. The van der Waals surface area contributed by atoms with Gasteiger partial charge in [-0.3, -0.25) is 4.79 Å². The number of amides is 1. The van der Waals surface area contributed by atoms with Crippen molar-refractivity contribution < 1.29 is 4.79 Å². The van der Waals surface area contributed by atoms with Crippen molar-refractivity contribution in [1.29, 1.82) is 0 Å². The minimum Gasteiger partial charge on any atom is -0.352 e. The van der Waals surface area contributed by atoms with Gasteiger partial charge < -0.3 is 5.32 Å². The summed E-state index contributed by atoms with van der Waals surface area (Å²) >= 11 is 5.50. The maximum atomic E-state index is 11.2. The predicted octanol–water partition coefficient (Wildman–Crippen LogP) is 2.70. The lowest BCUT2D eigenvalue weighted by Crippen LogP contribution is -2.42. The van der Waals surface area contributed by atoms with Gasteiger partial charge in [0.15, 0.2) is 0 Å². The zero-order valence-electron chi connectivity index (χ0n) is 9.18. The van der Waals surface area contributed by atoms with E-state index in [-0.39, 0.29) is 11.8 Å². The van der Waals surface area contributed by atoms with E-state index in [1.54, 1.807) is 0 Å². The Hall–Kier alpha value is -0.240. The Morgan fingerprint density at radius 1 is 1.13 bits per heavy atom. The van der Waals surface area contributed by atoms with Crippen molar-refractivity contribution in [2.24, 2.45) is 11.8 Å². The molecular weight excluding hydrogens is 210 g/mol. The molecule has 1 N–H and O–H groups in total. The second-order valence-corrected chi connectivity index (χ2v) is 5.28. The van der Waals surface area contributed by atoms with Gasteiger partial charge in [0.1, 0.15) is 5.88 Å². The van der Waals surface area contributed by atoms with Gasteiger partial charge >= 0.3 is 0 Å². The van der Waals surface area contributed by atoms with Gasteiger partial charge in [-0.1, -0.05) is 25.7 Å².